The van der Waals surface area contributed by atoms with Crippen molar-refractivity contribution < 1.29 is 12.8 Å². The van der Waals surface area contributed by atoms with Crippen molar-refractivity contribution in [3.05, 3.63) is 54.5 Å². The fourth-order valence-corrected chi connectivity index (χ4v) is 5.15. The van der Waals surface area contributed by atoms with Crippen molar-refractivity contribution >= 4 is 28.2 Å². The lowest BCUT2D eigenvalue weighted by Crippen LogP contribution is -2.49. The number of hydrogen-bond donors (Lipinski definition) is 0. The minimum absolute atomic E-state index is 0. The van der Waals surface area contributed by atoms with Gasteiger partial charge in [-0.1, -0.05) is 0 Å². The van der Waals surface area contributed by atoms with Crippen molar-refractivity contribution in [3.8, 4) is 11.3 Å². The van der Waals surface area contributed by atoms with Crippen molar-refractivity contribution in [3.63, 3.8) is 0 Å². The fraction of sp³-hybridized carbons (Fsp3) is 0.409. The van der Waals surface area contributed by atoms with Crippen LogP contribution in [0.3, 0.4) is 0 Å². The number of imidazole rings is 1. The van der Waals surface area contributed by atoms with Crippen LogP contribution in [-0.2, 0) is 17.1 Å². The van der Waals surface area contributed by atoms with Crippen molar-refractivity contribution in [2.45, 2.75) is 11.9 Å². The first kappa shape index (κ1) is 26.0. The zero-order valence-corrected chi connectivity index (χ0v) is 21.1. The summed E-state index contributed by atoms with van der Waals surface area (Å²) in [6.45, 7) is 5.83. The monoisotopic (exact) mass is 509 g/mol. The van der Waals surface area contributed by atoms with E-state index in [1.54, 1.807) is 50.1 Å². The Bertz CT molecular complexity index is 1210. The first-order valence-corrected chi connectivity index (χ1v) is 12.2. The number of aromatic nitrogens is 4. The number of benzene rings is 1. The van der Waals surface area contributed by atoms with Crippen LogP contribution in [0.15, 0.2) is 47.9 Å². The molecule has 1 aromatic carbocycles. The molecule has 1 aliphatic rings. The molecule has 0 unspecified atom stereocenters. The average molecular weight is 510 g/mol. The average Bonchev–Trinajstić information content (AvgIpc) is 3.17. The number of rotatable bonds is 7. The molecule has 1 fully saturated rings. The van der Waals surface area contributed by atoms with Crippen molar-refractivity contribution in [1.82, 2.24) is 28.7 Å². The molecule has 2 aromatic heterocycles. The smallest absolute Gasteiger partial charge is 0.260 e. The third-order valence-electron chi connectivity index (χ3n) is 6.05. The number of anilines is 1. The van der Waals surface area contributed by atoms with Gasteiger partial charge in [-0.3, -0.25) is 9.88 Å². The highest BCUT2D eigenvalue weighted by molar-refractivity contribution is 7.89. The third-order valence-corrected chi connectivity index (χ3v) is 7.96. The first-order valence-electron chi connectivity index (χ1n) is 10.8. The van der Waals surface area contributed by atoms with E-state index in [1.807, 2.05) is 0 Å². The molecule has 3 heterocycles. The van der Waals surface area contributed by atoms with Crippen LogP contribution in [0.4, 0.5) is 10.2 Å². The van der Waals surface area contributed by atoms with Gasteiger partial charge in [-0.25, -0.2) is 22.8 Å². The zero-order chi connectivity index (χ0) is 23.6. The van der Waals surface area contributed by atoms with Crippen molar-refractivity contribution in [2.75, 3.05) is 51.2 Å². The van der Waals surface area contributed by atoms with Gasteiger partial charge in [0.1, 0.15) is 17.3 Å². The van der Waals surface area contributed by atoms with Gasteiger partial charge in [0.25, 0.3) is 10.0 Å². The molecular formula is C22H29ClFN7O2S. The molecule has 0 atom stereocenters. The number of halogens is 2. The lowest BCUT2D eigenvalue weighted by Gasteiger charge is -2.36. The molecule has 0 radical (unpaired) electrons. The molecule has 1 saturated heterocycles. The molecule has 3 aromatic rings. The molecule has 12 heteroatoms. The molecule has 0 aliphatic carbocycles. The van der Waals surface area contributed by atoms with Crippen molar-refractivity contribution in [1.29, 1.82) is 0 Å². The second-order valence-electron chi connectivity index (χ2n) is 8.09. The van der Waals surface area contributed by atoms with Crippen LogP contribution in [0.25, 0.3) is 11.3 Å². The van der Waals surface area contributed by atoms with E-state index in [2.05, 4.69) is 24.8 Å². The molecule has 9 nitrogen and oxygen atoms in total. The first-order chi connectivity index (χ1) is 15.8. The van der Waals surface area contributed by atoms with Crippen LogP contribution >= 0.6 is 12.4 Å². The standard InChI is InChI=1S/C22H28FN7O2S.ClH/c1-17-26-16-20(28(17)3)33(31,32)27(2)10-11-29-12-14-30(15-13-29)22-21(24-8-9-25-22)18-4-6-19(23)7-5-18;/h4-9,16H,10-15H2,1-3H3;1H. The van der Waals surface area contributed by atoms with Gasteiger partial charge in [-0.05, 0) is 31.2 Å². The van der Waals surface area contributed by atoms with E-state index in [4.69, 9.17) is 0 Å². The third kappa shape index (κ3) is 5.38. The van der Waals surface area contributed by atoms with Gasteiger partial charge in [0.05, 0.1) is 6.20 Å². The van der Waals surface area contributed by atoms with E-state index in [-0.39, 0.29) is 23.3 Å². The summed E-state index contributed by atoms with van der Waals surface area (Å²) in [6, 6.07) is 6.25. The van der Waals surface area contributed by atoms with E-state index in [0.29, 0.717) is 18.9 Å². The number of likely N-dealkylation sites (N-methyl/N-ethyl adjacent to an activating group) is 1. The Hall–Kier alpha value is -2.60. The van der Waals surface area contributed by atoms with Crippen LogP contribution in [0.1, 0.15) is 5.82 Å². The molecule has 0 amide bonds. The summed E-state index contributed by atoms with van der Waals surface area (Å²) in [6.07, 6.45) is 4.70. The van der Waals surface area contributed by atoms with Gasteiger partial charge in [0.15, 0.2) is 10.8 Å². The minimum atomic E-state index is -3.59. The summed E-state index contributed by atoms with van der Waals surface area (Å²) in [4.78, 5) is 17.5. The van der Waals surface area contributed by atoms with Crippen LogP contribution < -0.4 is 4.90 Å². The maximum Gasteiger partial charge on any atom is 0.260 e. The topological polar surface area (TPSA) is 87.5 Å². The molecule has 0 N–H and O–H groups in total. The summed E-state index contributed by atoms with van der Waals surface area (Å²) in [7, 11) is -0.288. The van der Waals surface area contributed by atoms with Crippen LogP contribution in [0.2, 0.25) is 0 Å². The Morgan fingerprint density at radius 3 is 2.29 bits per heavy atom. The Balaban J connectivity index is 0.00000324. The molecule has 1 aliphatic heterocycles. The SMILES string of the molecule is Cc1ncc(S(=O)(=O)N(C)CCN2CCN(c3nccnc3-c3ccc(F)cc3)CC2)n1C.Cl. The van der Waals surface area contributed by atoms with E-state index in [0.717, 1.165) is 43.3 Å². The van der Waals surface area contributed by atoms with Gasteiger partial charge < -0.3 is 9.47 Å². The van der Waals surface area contributed by atoms with Crippen LogP contribution in [0, 0.1) is 12.7 Å². The molecule has 0 saturated carbocycles. The Labute approximate surface area is 205 Å². The summed E-state index contributed by atoms with van der Waals surface area (Å²) in [5, 5.41) is 0.197. The van der Waals surface area contributed by atoms with Gasteiger partial charge in [-0.2, -0.15) is 4.31 Å². The molecule has 184 valence electrons. The molecule has 0 spiro atoms. The largest absolute Gasteiger partial charge is 0.352 e. The van der Waals surface area contributed by atoms with Gasteiger partial charge in [-0.15, -0.1) is 12.4 Å². The highest BCUT2D eigenvalue weighted by atomic mass is 35.5. The Morgan fingerprint density at radius 1 is 1.03 bits per heavy atom. The maximum absolute atomic E-state index is 13.3. The summed E-state index contributed by atoms with van der Waals surface area (Å²) < 4.78 is 42.0. The number of sulfonamides is 1. The van der Waals surface area contributed by atoms with Gasteiger partial charge in [0, 0.05) is 71.3 Å². The lowest BCUT2D eigenvalue weighted by molar-refractivity contribution is 0.243. The number of aryl methyl sites for hydroxylation is 1. The fourth-order valence-electron chi connectivity index (χ4n) is 3.84. The quantitative estimate of drug-likeness (QED) is 0.482. The van der Waals surface area contributed by atoms with E-state index in [1.165, 1.54) is 22.6 Å². The summed E-state index contributed by atoms with van der Waals surface area (Å²) in [5.74, 6) is 1.14. The van der Waals surface area contributed by atoms with E-state index >= 15 is 0 Å². The van der Waals surface area contributed by atoms with Gasteiger partial charge >= 0.3 is 0 Å². The Kier molecular flexibility index (Phi) is 8.24. The second kappa shape index (κ2) is 10.8. The minimum Gasteiger partial charge on any atom is -0.352 e. The molecule has 34 heavy (non-hydrogen) atoms. The molecule has 0 bridgehead atoms. The molecular weight excluding hydrogens is 481 g/mol. The summed E-state index contributed by atoms with van der Waals surface area (Å²) in [5.41, 5.74) is 1.54. The maximum atomic E-state index is 13.3. The van der Waals surface area contributed by atoms with Crippen LogP contribution in [-0.4, -0.2) is 83.5 Å². The number of piperazine rings is 1. The number of nitrogens with zero attached hydrogens (tertiary/aromatic N) is 7. The predicted molar refractivity (Wildman–Crippen MR) is 131 cm³/mol. The lowest BCUT2D eigenvalue weighted by atomic mass is 10.1. The zero-order valence-electron chi connectivity index (χ0n) is 19.4. The normalized spacial score (nSPS) is 14.9. The van der Waals surface area contributed by atoms with E-state index in [9.17, 15) is 12.8 Å². The predicted octanol–water partition coefficient (Wildman–Crippen LogP) is 2.19. The van der Waals surface area contributed by atoms with E-state index < -0.39 is 10.0 Å². The molecule has 4 rings (SSSR count). The second-order valence-corrected chi connectivity index (χ2v) is 10.1. The van der Waals surface area contributed by atoms with Gasteiger partial charge in [0.2, 0.25) is 0 Å². The van der Waals surface area contributed by atoms with Crippen LogP contribution in [0.5, 0.6) is 0 Å². The highest BCUT2D eigenvalue weighted by Gasteiger charge is 2.26. The number of hydrogen-bond acceptors (Lipinski definition) is 7. The Morgan fingerprint density at radius 2 is 1.68 bits per heavy atom. The van der Waals surface area contributed by atoms with Crippen molar-refractivity contribution in [2.24, 2.45) is 7.05 Å². The summed E-state index contributed by atoms with van der Waals surface area (Å²) >= 11 is 0. The highest BCUT2D eigenvalue weighted by Crippen LogP contribution is 2.27.